The monoisotopic (exact) mass is 518 g/mol. The van der Waals surface area contributed by atoms with E-state index in [0.29, 0.717) is 0 Å². The van der Waals surface area contributed by atoms with Gasteiger partial charge < -0.3 is 13.9 Å². The van der Waals surface area contributed by atoms with Gasteiger partial charge in [-0.25, -0.2) is 0 Å². The zero-order valence-corrected chi connectivity index (χ0v) is 24.8. The molecule has 2 aliphatic carbocycles. The van der Waals surface area contributed by atoms with E-state index in [1.165, 1.54) is 76.3 Å². The number of hydrogen-bond donors (Lipinski definition) is 0. The average molecular weight is 519 g/mol. The Morgan fingerprint density at radius 1 is 0.735 bits per heavy atom. The van der Waals surface area contributed by atoms with Crippen LogP contribution in [0.4, 0.5) is 0 Å². The number of phosphoric acid groups is 1. The molecule has 202 valence electrons. The van der Waals surface area contributed by atoms with Gasteiger partial charge in [-0.1, -0.05) is 72.6 Å². The minimum absolute atomic E-state index is 0.163. The van der Waals surface area contributed by atoms with Crippen LogP contribution in [0, 0.1) is 5.92 Å². The molecule has 0 radical (unpaired) electrons. The van der Waals surface area contributed by atoms with E-state index in [9.17, 15) is 9.46 Å². The second-order valence-corrected chi connectivity index (χ2v) is 17.0. The first kappa shape index (κ1) is 30.8. The van der Waals surface area contributed by atoms with Crippen molar-refractivity contribution in [3.05, 3.63) is 0 Å². The molecule has 0 aromatic rings. The lowest BCUT2D eigenvalue weighted by Gasteiger charge is -2.43. The van der Waals surface area contributed by atoms with Crippen molar-refractivity contribution >= 4 is 15.1 Å². The predicted molar refractivity (Wildman–Crippen MR) is 147 cm³/mol. The van der Waals surface area contributed by atoms with Gasteiger partial charge in [-0.05, 0) is 70.1 Å². The molecule has 2 atom stereocenters. The quantitative estimate of drug-likeness (QED) is 0.180. The maximum atomic E-state index is 12.6. The Balaban J connectivity index is 2.03. The Kier molecular flexibility index (Phi) is 14.8. The van der Waals surface area contributed by atoms with E-state index in [0.717, 1.165) is 62.9 Å². The summed E-state index contributed by atoms with van der Waals surface area (Å²) in [5.74, 6) is 0.754. The van der Waals surface area contributed by atoms with Crippen LogP contribution in [-0.2, 0) is 13.6 Å². The molecule has 0 bridgehead atoms. The molecule has 0 saturated heterocycles. The van der Waals surface area contributed by atoms with E-state index in [1.807, 2.05) is 0 Å². The Labute approximate surface area is 212 Å². The summed E-state index contributed by atoms with van der Waals surface area (Å²) in [4.78, 5) is 12.6. The van der Waals surface area contributed by atoms with Crippen LogP contribution in [0.5, 0.6) is 0 Å². The van der Waals surface area contributed by atoms with Crippen molar-refractivity contribution in [1.82, 2.24) is 0 Å². The van der Waals surface area contributed by atoms with Gasteiger partial charge in [0.05, 0.1) is 36.4 Å². The van der Waals surface area contributed by atoms with Gasteiger partial charge in [-0.3, -0.25) is 4.57 Å². The standard InChI is InChI=1S/C28H56O4P2/c1-5-9-22-33(23-10-6-2,24-11-7-3)28(15-8-4)25-18-20-27(21-19-25)32-34(29,30)31-26-16-13-12-14-17-26/h25-28H,5-24H2,1-4H3. The molecule has 2 aliphatic rings. The van der Waals surface area contributed by atoms with Gasteiger partial charge in [0.1, 0.15) is 0 Å². The molecular formula is C28H56O4P2. The lowest BCUT2D eigenvalue weighted by Crippen LogP contribution is -2.34. The van der Waals surface area contributed by atoms with Gasteiger partial charge in [-0.2, -0.15) is 0 Å². The van der Waals surface area contributed by atoms with Gasteiger partial charge in [-0.15, -0.1) is 0 Å². The number of rotatable bonds is 17. The molecule has 2 fully saturated rings. The van der Waals surface area contributed by atoms with Crippen LogP contribution in [0.2, 0.25) is 0 Å². The maximum Gasteiger partial charge on any atom is 0.268 e. The molecule has 2 saturated carbocycles. The first-order chi connectivity index (χ1) is 16.4. The minimum atomic E-state index is -4.21. The number of hydrogen-bond acceptors (Lipinski definition) is 4. The van der Waals surface area contributed by atoms with E-state index in [1.54, 1.807) is 0 Å². The molecule has 0 aromatic heterocycles. The molecule has 2 unspecified atom stereocenters. The third kappa shape index (κ3) is 10.1. The second-order valence-electron chi connectivity index (χ2n) is 11.3. The van der Waals surface area contributed by atoms with Gasteiger partial charge in [0.25, 0.3) is 7.82 Å². The fourth-order valence-corrected chi connectivity index (χ4v) is 14.3. The van der Waals surface area contributed by atoms with E-state index >= 15 is 0 Å². The highest BCUT2D eigenvalue weighted by Gasteiger charge is 2.47. The molecule has 2 rings (SSSR count). The summed E-state index contributed by atoms with van der Waals surface area (Å²) >= 11 is 0. The highest BCUT2D eigenvalue weighted by atomic mass is 31.2. The van der Waals surface area contributed by atoms with E-state index in [-0.39, 0.29) is 12.2 Å². The molecule has 34 heavy (non-hydrogen) atoms. The molecule has 0 N–H and O–H groups in total. The van der Waals surface area contributed by atoms with Crippen molar-refractivity contribution in [3.8, 4) is 0 Å². The molecule has 0 spiro atoms. The molecule has 0 aromatic carbocycles. The van der Waals surface area contributed by atoms with Gasteiger partial charge in [0.15, 0.2) is 0 Å². The number of unbranched alkanes of at least 4 members (excludes halogenated alkanes) is 3. The molecule has 4 nitrogen and oxygen atoms in total. The van der Waals surface area contributed by atoms with Crippen LogP contribution in [0.15, 0.2) is 0 Å². The largest absolute Gasteiger partial charge is 0.756 e. The summed E-state index contributed by atoms with van der Waals surface area (Å²) in [6, 6.07) is 0. The van der Waals surface area contributed by atoms with E-state index < -0.39 is 15.1 Å². The van der Waals surface area contributed by atoms with Crippen LogP contribution in [0.25, 0.3) is 0 Å². The summed E-state index contributed by atoms with van der Waals surface area (Å²) < 4.78 is 23.7. The lowest BCUT2D eigenvalue weighted by molar-refractivity contribution is -0.235. The van der Waals surface area contributed by atoms with Gasteiger partial charge in [0.2, 0.25) is 0 Å². The molecule has 0 amide bonds. The molecular weight excluding hydrogens is 462 g/mol. The highest BCUT2D eigenvalue weighted by Crippen LogP contribution is 2.69. The fourth-order valence-electron chi connectivity index (χ4n) is 6.64. The summed E-state index contributed by atoms with van der Waals surface area (Å²) in [5.41, 5.74) is 0.876. The maximum absolute atomic E-state index is 12.6. The molecule has 0 aliphatic heterocycles. The third-order valence-corrected chi connectivity index (χ3v) is 15.4. The Hall–Kier alpha value is 0.540. The molecule has 0 heterocycles. The second kappa shape index (κ2) is 16.4. The van der Waals surface area contributed by atoms with Crippen molar-refractivity contribution in [2.45, 2.75) is 155 Å². The van der Waals surface area contributed by atoms with E-state index in [4.69, 9.17) is 9.05 Å². The topological polar surface area (TPSA) is 58.6 Å². The van der Waals surface area contributed by atoms with Crippen LogP contribution in [0.1, 0.15) is 137 Å². The van der Waals surface area contributed by atoms with Crippen LogP contribution >= 0.6 is 15.1 Å². The van der Waals surface area contributed by atoms with Crippen molar-refractivity contribution in [3.63, 3.8) is 0 Å². The zero-order chi connectivity index (χ0) is 24.9. The lowest BCUT2D eigenvalue weighted by atomic mass is 9.84. The fraction of sp³-hybridized carbons (Fsp3) is 1.00. The summed E-state index contributed by atoms with van der Waals surface area (Å²) in [7, 11) is -5.21. The van der Waals surface area contributed by atoms with Crippen LogP contribution < -0.4 is 4.89 Å². The third-order valence-electron chi connectivity index (χ3n) is 8.53. The normalized spacial score (nSPS) is 25.2. The van der Waals surface area contributed by atoms with Gasteiger partial charge in [0, 0.05) is 7.26 Å². The van der Waals surface area contributed by atoms with Crippen LogP contribution in [0.3, 0.4) is 0 Å². The van der Waals surface area contributed by atoms with Crippen molar-refractivity contribution in [1.29, 1.82) is 0 Å². The Morgan fingerprint density at radius 3 is 1.65 bits per heavy atom. The first-order valence-corrected chi connectivity index (χ1v) is 18.8. The zero-order valence-electron chi connectivity index (χ0n) is 23.0. The van der Waals surface area contributed by atoms with E-state index in [2.05, 4.69) is 27.7 Å². The summed E-state index contributed by atoms with van der Waals surface area (Å²) in [6.45, 7) is 9.42. The summed E-state index contributed by atoms with van der Waals surface area (Å²) in [6.07, 6.45) is 23.8. The number of phosphoric ester groups is 1. The first-order valence-electron chi connectivity index (χ1n) is 14.9. The smallest absolute Gasteiger partial charge is 0.268 e. The predicted octanol–water partition coefficient (Wildman–Crippen LogP) is 8.97. The SMILES string of the molecule is CCCC[P+](CCCC)(CCCC)C(CCC)C1CCC(OP(=O)([O-])OC2CCCCC2)CC1. The van der Waals surface area contributed by atoms with Crippen molar-refractivity contribution in [2.75, 3.05) is 18.5 Å². The Bertz CT molecular complexity index is 549. The molecule has 6 heteroatoms. The van der Waals surface area contributed by atoms with Crippen molar-refractivity contribution in [2.24, 2.45) is 5.92 Å². The summed E-state index contributed by atoms with van der Waals surface area (Å²) in [5, 5.41) is 0. The van der Waals surface area contributed by atoms with Crippen molar-refractivity contribution < 1.29 is 18.5 Å². The minimum Gasteiger partial charge on any atom is -0.756 e. The van der Waals surface area contributed by atoms with Gasteiger partial charge >= 0.3 is 0 Å². The highest BCUT2D eigenvalue weighted by molar-refractivity contribution is 7.76. The average Bonchev–Trinajstić information content (AvgIpc) is 2.83. The Morgan fingerprint density at radius 2 is 1.21 bits per heavy atom. The van der Waals surface area contributed by atoms with Crippen LogP contribution in [-0.4, -0.2) is 36.4 Å².